The molecule has 3 N–H and O–H groups in total. The van der Waals surface area contributed by atoms with Gasteiger partial charge in [-0.05, 0) is 32.1 Å². The second-order valence-electron chi connectivity index (χ2n) is 4.35. The number of hydrogen-bond acceptors (Lipinski definition) is 3. The Labute approximate surface area is 93.5 Å². The van der Waals surface area contributed by atoms with Gasteiger partial charge in [-0.3, -0.25) is 11.3 Å². The fraction of sp³-hybridized carbons (Fsp3) is 1.00. The first-order valence-electron chi connectivity index (χ1n) is 5.51. The number of halogens is 3. The minimum atomic E-state index is -4.08. The first-order valence-corrected chi connectivity index (χ1v) is 5.51. The average Bonchev–Trinajstić information content (AvgIpc) is 2.12. The topological polar surface area (TPSA) is 47.3 Å². The Hall–Kier alpha value is -0.330. The maximum absolute atomic E-state index is 12.0. The van der Waals surface area contributed by atoms with Crippen molar-refractivity contribution >= 4 is 0 Å². The Balaban J connectivity index is 2.37. The van der Waals surface area contributed by atoms with Crippen LogP contribution in [0.15, 0.2) is 0 Å². The van der Waals surface area contributed by atoms with Gasteiger partial charge in [-0.2, -0.15) is 13.2 Å². The van der Waals surface area contributed by atoms with Crippen molar-refractivity contribution in [2.75, 3.05) is 7.11 Å². The Morgan fingerprint density at radius 3 is 2.38 bits per heavy atom. The second-order valence-corrected chi connectivity index (χ2v) is 4.35. The summed E-state index contributed by atoms with van der Waals surface area (Å²) in [5, 5.41) is 0. The summed E-state index contributed by atoms with van der Waals surface area (Å²) in [6.07, 6.45) is -1.59. The molecule has 96 valence electrons. The highest BCUT2D eigenvalue weighted by Crippen LogP contribution is 2.39. The maximum Gasteiger partial charge on any atom is 0.389 e. The van der Waals surface area contributed by atoms with Gasteiger partial charge in [0.25, 0.3) is 0 Å². The van der Waals surface area contributed by atoms with E-state index < -0.39 is 12.6 Å². The minimum Gasteiger partial charge on any atom is -0.377 e. The first kappa shape index (κ1) is 13.7. The fourth-order valence-electron chi connectivity index (χ4n) is 2.22. The molecule has 1 aliphatic carbocycles. The van der Waals surface area contributed by atoms with Crippen LogP contribution in [0.5, 0.6) is 0 Å². The van der Waals surface area contributed by atoms with E-state index in [1.165, 1.54) is 0 Å². The lowest BCUT2D eigenvalue weighted by Crippen LogP contribution is -2.58. The normalized spacial score (nSPS) is 21.6. The van der Waals surface area contributed by atoms with Gasteiger partial charge in [0.2, 0.25) is 0 Å². The van der Waals surface area contributed by atoms with E-state index in [9.17, 15) is 13.2 Å². The van der Waals surface area contributed by atoms with Crippen molar-refractivity contribution in [3.63, 3.8) is 0 Å². The van der Waals surface area contributed by atoms with E-state index in [0.29, 0.717) is 6.42 Å². The van der Waals surface area contributed by atoms with Crippen LogP contribution in [0.4, 0.5) is 13.2 Å². The zero-order chi connectivity index (χ0) is 12.2. The molecule has 1 saturated carbocycles. The quantitative estimate of drug-likeness (QED) is 0.552. The highest BCUT2D eigenvalue weighted by molar-refractivity contribution is 4.98. The third-order valence-electron chi connectivity index (χ3n) is 3.40. The van der Waals surface area contributed by atoms with Gasteiger partial charge in [0.05, 0.1) is 11.6 Å². The van der Waals surface area contributed by atoms with Crippen molar-refractivity contribution in [1.29, 1.82) is 0 Å². The summed E-state index contributed by atoms with van der Waals surface area (Å²) >= 11 is 0. The van der Waals surface area contributed by atoms with Crippen molar-refractivity contribution in [3.8, 4) is 0 Å². The number of methoxy groups -OCH3 is 1. The van der Waals surface area contributed by atoms with Gasteiger partial charge in [-0.25, -0.2) is 0 Å². The molecule has 0 aromatic heterocycles. The molecule has 0 amide bonds. The Kier molecular flexibility index (Phi) is 4.58. The Morgan fingerprint density at radius 1 is 1.44 bits per heavy atom. The predicted octanol–water partition coefficient (Wildman–Crippen LogP) is 2.12. The Morgan fingerprint density at radius 2 is 2.06 bits per heavy atom. The molecule has 0 aliphatic heterocycles. The Bertz CT molecular complexity index is 211. The molecule has 0 saturated heterocycles. The molecule has 1 rings (SSSR count). The molecular weight excluding hydrogens is 221 g/mol. The van der Waals surface area contributed by atoms with Crippen LogP contribution in [0.2, 0.25) is 0 Å². The van der Waals surface area contributed by atoms with Crippen molar-refractivity contribution in [3.05, 3.63) is 0 Å². The SMILES string of the molecule is COC1(C(CCCC(F)(F)F)NN)CCC1. The standard InChI is InChI=1S/C10H19F3N2O/c1-16-9(5-3-6-9)8(15-14)4-2-7-10(11,12)13/h8,15H,2-7,14H2,1H3. The number of nitrogens with two attached hydrogens (primary N) is 1. The van der Waals surface area contributed by atoms with Crippen LogP contribution in [0.1, 0.15) is 38.5 Å². The van der Waals surface area contributed by atoms with Crippen molar-refractivity contribution < 1.29 is 17.9 Å². The highest BCUT2D eigenvalue weighted by atomic mass is 19.4. The van der Waals surface area contributed by atoms with Gasteiger partial charge in [0.1, 0.15) is 0 Å². The van der Waals surface area contributed by atoms with E-state index in [1.807, 2.05) is 0 Å². The number of hydrazine groups is 1. The van der Waals surface area contributed by atoms with Gasteiger partial charge in [0, 0.05) is 13.5 Å². The molecule has 0 heterocycles. The molecule has 0 bridgehead atoms. The molecular formula is C10H19F3N2O. The first-order chi connectivity index (χ1) is 7.43. The van der Waals surface area contributed by atoms with Gasteiger partial charge in [-0.15, -0.1) is 0 Å². The molecule has 3 nitrogen and oxygen atoms in total. The van der Waals surface area contributed by atoms with Gasteiger partial charge < -0.3 is 4.74 Å². The largest absolute Gasteiger partial charge is 0.389 e. The van der Waals surface area contributed by atoms with Crippen LogP contribution >= 0.6 is 0 Å². The average molecular weight is 240 g/mol. The summed E-state index contributed by atoms with van der Waals surface area (Å²) in [6.45, 7) is 0. The van der Waals surface area contributed by atoms with E-state index in [4.69, 9.17) is 10.6 Å². The molecule has 1 fully saturated rings. The lowest BCUT2D eigenvalue weighted by Gasteiger charge is -2.46. The molecule has 0 spiro atoms. The molecule has 6 heteroatoms. The monoisotopic (exact) mass is 240 g/mol. The molecule has 0 aromatic rings. The summed E-state index contributed by atoms with van der Waals surface area (Å²) in [5.41, 5.74) is 2.24. The molecule has 1 unspecified atom stereocenters. The molecule has 1 aliphatic rings. The maximum atomic E-state index is 12.0. The van der Waals surface area contributed by atoms with E-state index in [2.05, 4.69) is 5.43 Å². The van der Waals surface area contributed by atoms with Gasteiger partial charge in [-0.1, -0.05) is 0 Å². The summed E-state index contributed by atoms with van der Waals surface area (Å²) in [6, 6.07) is -0.186. The summed E-state index contributed by atoms with van der Waals surface area (Å²) < 4.78 is 41.4. The zero-order valence-electron chi connectivity index (χ0n) is 9.44. The highest BCUT2D eigenvalue weighted by Gasteiger charge is 2.44. The van der Waals surface area contributed by atoms with Crippen LogP contribution in [-0.4, -0.2) is 24.9 Å². The predicted molar refractivity (Wildman–Crippen MR) is 54.6 cm³/mol. The van der Waals surface area contributed by atoms with Crippen LogP contribution < -0.4 is 11.3 Å². The van der Waals surface area contributed by atoms with E-state index in [1.54, 1.807) is 7.11 Å². The third-order valence-corrected chi connectivity index (χ3v) is 3.40. The number of ether oxygens (including phenoxy) is 1. The second kappa shape index (κ2) is 5.33. The van der Waals surface area contributed by atoms with Crippen molar-refractivity contribution in [2.24, 2.45) is 5.84 Å². The van der Waals surface area contributed by atoms with Gasteiger partial charge >= 0.3 is 6.18 Å². The number of hydrogen-bond donors (Lipinski definition) is 2. The summed E-state index contributed by atoms with van der Waals surface area (Å²) in [5.74, 6) is 5.38. The van der Waals surface area contributed by atoms with Crippen LogP contribution in [0.25, 0.3) is 0 Å². The number of alkyl halides is 3. The fourth-order valence-corrected chi connectivity index (χ4v) is 2.22. The smallest absolute Gasteiger partial charge is 0.377 e. The van der Waals surface area contributed by atoms with Crippen LogP contribution in [-0.2, 0) is 4.74 Å². The van der Waals surface area contributed by atoms with E-state index in [-0.39, 0.29) is 18.1 Å². The number of rotatable bonds is 6. The molecule has 0 radical (unpaired) electrons. The van der Waals surface area contributed by atoms with E-state index >= 15 is 0 Å². The lowest BCUT2D eigenvalue weighted by atomic mass is 9.73. The molecule has 16 heavy (non-hydrogen) atoms. The number of nitrogens with one attached hydrogen (secondary N) is 1. The summed E-state index contributed by atoms with van der Waals surface area (Å²) in [4.78, 5) is 0. The third kappa shape index (κ3) is 3.33. The molecule has 1 atom stereocenters. The van der Waals surface area contributed by atoms with Crippen LogP contribution in [0, 0.1) is 0 Å². The summed E-state index contributed by atoms with van der Waals surface area (Å²) in [7, 11) is 1.59. The van der Waals surface area contributed by atoms with Gasteiger partial charge in [0.15, 0.2) is 0 Å². The van der Waals surface area contributed by atoms with Crippen molar-refractivity contribution in [1.82, 2.24) is 5.43 Å². The molecule has 0 aromatic carbocycles. The lowest BCUT2D eigenvalue weighted by molar-refractivity contribution is -0.139. The van der Waals surface area contributed by atoms with E-state index in [0.717, 1.165) is 19.3 Å². The zero-order valence-corrected chi connectivity index (χ0v) is 9.44. The minimum absolute atomic E-state index is 0.0868. The van der Waals surface area contributed by atoms with Crippen molar-refractivity contribution in [2.45, 2.75) is 56.3 Å². The van der Waals surface area contributed by atoms with Crippen LogP contribution in [0.3, 0.4) is 0 Å².